The Bertz CT molecular complexity index is 578. The number of carbonyl (C=O) groups is 1. The highest BCUT2D eigenvalue weighted by molar-refractivity contribution is 5.92. The molecule has 0 unspecified atom stereocenters. The zero-order chi connectivity index (χ0) is 17.5. The number of ketones is 1. The largest absolute Gasteiger partial charge is 0.392 e. The lowest BCUT2D eigenvalue weighted by molar-refractivity contribution is -0.186. The van der Waals surface area contributed by atoms with Crippen molar-refractivity contribution in [1.29, 1.82) is 0 Å². The number of hydrogen-bond donors (Lipinski definition) is 2. The van der Waals surface area contributed by atoms with Crippen LogP contribution in [0.2, 0.25) is 0 Å². The molecule has 2 fully saturated rings. The van der Waals surface area contributed by atoms with Crippen molar-refractivity contribution in [2.75, 3.05) is 13.2 Å². The summed E-state index contributed by atoms with van der Waals surface area (Å²) in [7, 11) is 0. The predicted octanol–water partition coefficient (Wildman–Crippen LogP) is 2.79. The summed E-state index contributed by atoms with van der Waals surface area (Å²) in [6, 6.07) is 0. The van der Waals surface area contributed by atoms with E-state index < -0.39 is 5.60 Å². The summed E-state index contributed by atoms with van der Waals surface area (Å²) in [5.41, 5.74) is 1.36. The maximum Gasteiger partial charge on any atom is 0.169 e. The molecule has 0 aromatic heterocycles. The van der Waals surface area contributed by atoms with E-state index in [1.54, 1.807) is 6.08 Å². The van der Waals surface area contributed by atoms with Crippen molar-refractivity contribution in [2.24, 2.45) is 17.3 Å². The second-order valence-electron chi connectivity index (χ2n) is 8.16. The molecule has 0 radical (unpaired) electrons. The fourth-order valence-electron chi connectivity index (χ4n) is 5.19. The molecule has 4 nitrogen and oxygen atoms in total. The Kier molecular flexibility index (Phi) is 4.75. The van der Waals surface area contributed by atoms with Gasteiger partial charge in [-0.05, 0) is 61.2 Å². The standard InChI is InChI=1S/C20H30O4/c1-13-11-20-17(5-4-16(13)24-20)19(3,14(2)10-18(20)23)8-6-15(12-22)7-9-21/h7,11,14,16-17,21-22H,4-6,8-10,12H2,1-3H3/b15-7-/t14-,16+,17-,19+,20+/m1/s1. The number of ether oxygens (including phenoxy) is 1. The van der Waals surface area contributed by atoms with Crippen LogP contribution in [-0.4, -0.2) is 40.9 Å². The zero-order valence-electron chi connectivity index (χ0n) is 15.0. The van der Waals surface area contributed by atoms with Gasteiger partial charge in [-0.15, -0.1) is 0 Å². The zero-order valence-corrected chi connectivity index (χ0v) is 15.0. The van der Waals surface area contributed by atoms with Crippen molar-refractivity contribution in [3.05, 3.63) is 23.3 Å². The molecule has 2 N–H and O–H groups in total. The first kappa shape index (κ1) is 17.8. The lowest BCUT2D eigenvalue weighted by atomic mass is 9.52. The molecule has 5 atom stereocenters. The third kappa shape index (κ3) is 2.59. The molecule has 1 aliphatic carbocycles. The summed E-state index contributed by atoms with van der Waals surface area (Å²) in [6.45, 7) is 6.49. The van der Waals surface area contributed by atoms with Crippen molar-refractivity contribution in [3.63, 3.8) is 0 Å². The molecule has 2 heterocycles. The molecular weight excluding hydrogens is 304 g/mol. The van der Waals surface area contributed by atoms with Crippen LogP contribution in [0.25, 0.3) is 0 Å². The van der Waals surface area contributed by atoms with Gasteiger partial charge in [0, 0.05) is 12.3 Å². The highest BCUT2D eigenvalue weighted by atomic mass is 16.5. The van der Waals surface area contributed by atoms with Gasteiger partial charge < -0.3 is 14.9 Å². The van der Waals surface area contributed by atoms with Gasteiger partial charge in [0.05, 0.1) is 19.3 Å². The fourth-order valence-corrected chi connectivity index (χ4v) is 5.19. The van der Waals surface area contributed by atoms with Gasteiger partial charge in [0.25, 0.3) is 0 Å². The monoisotopic (exact) mass is 334 g/mol. The van der Waals surface area contributed by atoms with E-state index in [1.165, 1.54) is 5.57 Å². The van der Waals surface area contributed by atoms with Crippen LogP contribution in [-0.2, 0) is 9.53 Å². The molecule has 134 valence electrons. The van der Waals surface area contributed by atoms with E-state index in [0.29, 0.717) is 12.3 Å². The Morgan fingerprint density at radius 3 is 2.83 bits per heavy atom. The fraction of sp³-hybridized carbons (Fsp3) is 0.750. The normalized spacial score (nSPS) is 42.0. The molecular formula is C20H30O4. The molecule has 3 aliphatic rings. The minimum atomic E-state index is -0.714. The maximum atomic E-state index is 12.9. The van der Waals surface area contributed by atoms with Gasteiger partial charge in [0.15, 0.2) is 5.78 Å². The van der Waals surface area contributed by atoms with Crippen LogP contribution in [0.15, 0.2) is 23.3 Å². The summed E-state index contributed by atoms with van der Waals surface area (Å²) in [5, 5.41) is 18.6. The summed E-state index contributed by atoms with van der Waals surface area (Å²) >= 11 is 0. The third-order valence-corrected chi connectivity index (χ3v) is 6.94. The quantitative estimate of drug-likeness (QED) is 0.759. The lowest BCUT2D eigenvalue weighted by Crippen LogP contribution is -2.60. The van der Waals surface area contributed by atoms with Crippen molar-refractivity contribution < 1.29 is 19.7 Å². The Labute approximate surface area is 144 Å². The molecule has 0 aromatic rings. The average Bonchev–Trinajstić information content (AvgIpc) is 2.81. The van der Waals surface area contributed by atoms with Gasteiger partial charge in [0.2, 0.25) is 0 Å². The number of aliphatic hydroxyl groups excluding tert-OH is 2. The van der Waals surface area contributed by atoms with Crippen LogP contribution in [0.1, 0.15) is 52.9 Å². The van der Waals surface area contributed by atoms with Crippen LogP contribution in [0, 0.1) is 17.3 Å². The second kappa shape index (κ2) is 6.40. The average molecular weight is 334 g/mol. The van der Waals surface area contributed by atoms with Gasteiger partial charge in [-0.2, -0.15) is 0 Å². The number of carbonyl (C=O) groups excluding carboxylic acids is 1. The Morgan fingerprint density at radius 1 is 1.42 bits per heavy atom. The van der Waals surface area contributed by atoms with E-state index in [1.807, 2.05) is 0 Å². The van der Waals surface area contributed by atoms with E-state index in [-0.39, 0.29) is 36.4 Å². The maximum absolute atomic E-state index is 12.9. The summed E-state index contributed by atoms with van der Waals surface area (Å²) in [5.74, 6) is 0.737. The lowest BCUT2D eigenvalue weighted by Gasteiger charge is -2.55. The highest BCUT2D eigenvalue weighted by Crippen LogP contribution is 2.59. The number of aliphatic hydroxyl groups is 2. The molecule has 0 amide bonds. The van der Waals surface area contributed by atoms with E-state index in [0.717, 1.165) is 31.3 Å². The number of rotatable bonds is 5. The molecule has 1 spiro atoms. The Morgan fingerprint density at radius 2 is 2.17 bits per heavy atom. The summed E-state index contributed by atoms with van der Waals surface area (Å²) in [4.78, 5) is 12.9. The summed E-state index contributed by atoms with van der Waals surface area (Å²) in [6.07, 6.45) is 8.15. The van der Waals surface area contributed by atoms with E-state index in [4.69, 9.17) is 9.84 Å². The molecule has 4 heteroatoms. The van der Waals surface area contributed by atoms with Gasteiger partial charge in [-0.1, -0.05) is 19.9 Å². The molecule has 2 aliphatic heterocycles. The van der Waals surface area contributed by atoms with Crippen molar-refractivity contribution in [2.45, 2.75) is 64.6 Å². The summed E-state index contributed by atoms with van der Waals surface area (Å²) < 4.78 is 6.29. The van der Waals surface area contributed by atoms with E-state index in [2.05, 4.69) is 26.8 Å². The topological polar surface area (TPSA) is 66.8 Å². The molecule has 0 aromatic carbocycles. The molecule has 2 bridgehead atoms. The van der Waals surface area contributed by atoms with E-state index >= 15 is 0 Å². The molecule has 3 rings (SSSR count). The number of hydrogen-bond acceptors (Lipinski definition) is 4. The first-order chi connectivity index (χ1) is 11.4. The van der Waals surface area contributed by atoms with Gasteiger partial charge in [0.1, 0.15) is 5.60 Å². The first-order valence-corrected chi connectivity index (χ1v) is 9.17. The number of Topliss-reactive ketones (excluding diaryl/α,β-unsaturated/α-hetero) is 1. The Balaban J connectivity index is 1.89. The van der Waals surface area contributed by atoms with Crippen LogP contribution in [0.4, 0.5) is 0 Å². The second-order valence-corrected chi connectivity index (χ2v) is 8.16. The van der Waals surface area contributed by atoms with Crippen LogP contribution in [0.5, 0.6) is 0 Å². The highest BCUT2D eigenvalue weighted by Gasteiger charge is 2.62. The SMILES string of the molecule is CC1=C[C@]23O[C@H]1CC[C@@H]2[C@@](C)(CC/C(=C/CO)CO)[C@H](C)CC3=O. The Hall–Kier alpha value is -0.970. The van der Waals surface area contributed by atoms with Gasteiger partial charge >= 0.3 is 0 Å². The number of fused-ring (bicyclic) bond motifs is 1. The predicted molar refractivity (Wildman–Crippen MR) is 92.5 cm³/mol. The van der Waals surface area contributed by atoms with Crippen LogP contribution >= 0.6 is 0 Å². The van der Waals surface area contributed by atoms with Crippen LogP contribution in [0.3, 0.4) is 0 Å². The minimum Gasteiger partial charge on any atom is -0.392 e. The van der Waals surface area contributed by atoms with E-state index in [9.17, 15) is 9.90 Å². The third-order valence-electron chi connectivity index (χ3n) is 6.94. The molecule has 24 heavy (non-hydrogen) atoms. The van der Waals surface area contributed by atoms with Crippen molar-refractivity contribution in [3.8, 4) is 0 Å². The molecule has 1 saturated carbocycles. The van der Waals surface area contributed by atoms with Crippen molar-refractivity contribution >= 4 is 5.78 Å². The minimum absolute atomic E-state index is 0.0102. The first-order valence-electron chi connectivity index (χ1n) is 9.17. The molecule has 1 saturated heterocycles. The van der Waals surface area contributed by atoms with Gasteiger partial charge in [-0.3, -0.25) is 4.79 Å². The van der Waals surface area contributed by atoms with Crippen LogP contribution < -0.4 is 0 Å². The van der Waals surface area contributed by atoms with Gasteiger partial charge in [-0.25, -0.2) is 0 Å². The smallest absolute Gasteiger partial charge is 0.169 e. The van der Waals surface area contributed by atoms with Crippen molar-refractivity contribution in [1.82, 2.24) is 0 Å².